The topological polar surface area (TPSA) is 63.8 Å². The molecule has 16 heavy (non-hydrogen) atoms. The van der Waals surface area contributed by atoms with Crippen molar-refractivity contribution in [2.75, 3.05) is 5.43 Å². The largest absolute Gasteiger partial charge is 0.308 e. The predicted molar refractivity (Wildman–Crippen MR) is 69.0 cm³/mol. The van der Waals surface area contributed by atoms with Crippen LogP contribution in [0.25, 0.3) is 10.9 Å². The molecule has 84 valence electrons. The molecule has 0 saturated carbocycles. The lowest BCUT2D eigenvalue weighted by Crippen LogP contribution is -2.11. The van der Waals surface area contributed by atoms with E-state index in [-0.39, 0.29) is 0 Å². The minimum absolute atomic E-state index is 0.676. The van der Waals surface area contributed by atoms with Gasteiger partial charge in [-0.2, -0.15) is 0 Å². The van der Waals surface area contributed by atoms with Crippen LogP contribution >= 0.6 is 15.9 Å². The summed E-state index contributed by atoms with van der Waals surface area (Å²) in [5.41, 5.74) is 3.54. The van der Waals surface area contributed by atoms with E-state index in [0.717, 1.165) is 34.0 Å². The lowest BCUT2D eigenvalue weighted by Gasteiger charge is -2.07. The Kier molecular flexibility index (Phi) is 3.36. The number of fused-ring (bicyclic) bond motifs is 1. The van der Waals surface area contributed by atoms with E-state index in [1.807, 2.05) is 18.2 Å². The molecule has 5 heteroatoms. The Morgan fingerprint density at radius 2 is 2.19 bits per heavy atom. The van der Waals surface area contributed by atoms with Crippen molar-refractivity contribution in [3.8, 4) is 0 Å². The van der Waals surface area contributed by atoms with Crippen LogP contribution in [-0.4, -0.2) is 9.97 Å². The fourth-order valence-corrected chi connectivity index (χ4v) is 1.96. The first kappa shape index (κ1) is 11.3. The van der Waals surface area contributed by atoms with Gasteiger partial charge in [-0.25, -0.2) is 15.8 Å². The maximum Gasteiger partial charge on any atom is 0.151 e. The summed E-state index contributed by atoms with van der Waals surface area (Å²) in [6.45, 7) is 2.10. The molecule has 2 aromatic rings. The maximum atomic E-state index is 5.48. The number of aryl methyl sites for hydroxylation is 1. The van der Waals surface area contributed by atoms with Crippen molar-refractivity contribution in [2.24, 2.45) is 5.84 Å². The van der Waals surface area contributed by atoms with E-state index < -0.39 is 0 Å². The number of anilines is 1. The van der Waals surface area contributed by atoms with Crippen LogP contribution in [0.5, 0.6) is 0 Å². The molecule has 0 fully saturated rings. The Morgan fingerprint density at radius 1 is 1.38 bits per heavy atom. The molecular formula is C11H13BrN4. The van der Waals surface area contributed by atoms with Gasteiger partial charge in [-0.05, 0) is 24.6 Å². The lowest BCUT2D eigenvalue weighted by atomic mass is 10.2. The highest BCUT2D eigenvalue weighted by molar-refractivity contribution is 9.10. The summed E-state index contributed by atoms with van der Waals surface area (Å²) < 4.78 is 0.989. The quantitative estimate of drug-likeness (QED) is 0.670. The van der Waals surface area contributed by atoms with Crippen LogP contribution < -0.4 is 11.3 Å². The third-order valence-electron chi connectivity index (χ3n) is 2.31. The van der Waals surface area contributed by atoms with Crippen molar-refractivity contribution in [1.82, 2.24) is 9.97 Å². The van der Waals surface area contributed by atoms with Gasteiger partial charge in [0, 0.05) is 16.3 Å². The highest BCUT2D eigenvalue weighted by atomic mass is 79.9. The average Bonchev–Trinajstić information content (AvgIpc) is 2.29. The summed E-state index contributed by atoms with van der Waals surface area (Å²) in [4.78, 5) is 8.87. The highest BCUT2D eigenvalue weighted by Gasteiger charge is 2.06. The van der Waals surface area contributed by atoms with Crippen LogP contribution in [-0.2, 0) is 6.42 Å². The predicted octanol–water partition coefficient (Wildman–Crippen LogP) is 2.63. The van der Waals surface area contributed by atoms with Crippen molar-refractivity contribution in [2.45, 2.75) is 19.8 Å². The molecule has 0 unspecified atom stereocenters. The monoisotopic (exact) mass is 280 g/mol. The van der Waals surface area contributed by atoms with Crippen LogP contribution in [0.4, 0.5) is 5.82 Å². The number of halogens is 1. The molecule has 0 radical (unpaired) electrons. The van der Waals surface area contributed by atoms with Crippen LogP contribution in [0.15, 0.2) is 22.7 Å². The smallest absolute Gasteiger partial charge is 0.151 e. The number of hydrogen-bond acceptors (Lipinski definition) is 4. The van der Waals surface area contributed by atoms with Gasteiger partial charge in [-0.15, -0.1) is 0 Å². The van der Waals surface area contributed by atoms with Crippen molar-refractivity contribution >= 4 is 32.7 Å². The number of aromatic nitrogens is 2. The average molecular weight is 281 g/mol. The second-order valence-corrected chi connectivity index (χ2v) is 4.46. The molecule has 1 aromatic heterocycles. The number of hydrogen-bond donors (Lipinski definition) is 2. The molecular weight excluding hydrogens is 268 g/mol. The number of nitrogen functional groups attached to an aromatic ring is 1. The van der Waals surface area contributed by atoms with E-state index in [4.69, 9.17) is 5.84 Å². The van der Waals surface area contributed by atoms with Gasteiger partial charge in [0.15, 0.2) is 5.82 Å². The van der Waals surface area contributed by atoms with Gasteiger partial charge in [0.2, 0.25) is 0 Å². The van der Waals surface area contributed by atoms with Crippen molar-refractivity contribution in [1.29, 1.82) is 0 Å². The third-order valence-corrected chi connectivity index (χ3v) is 2.81. The number of nitrogens with one attached hydrogen (secondary N) is 1. The Morgan fingerprint density at radius 3 is 2.88 bits per heavy atom. The zero-order valence-corrected chi connectivity index (χ0v) is 10.6. The van der Waals surface area contributed by atoms with Gasteiger partial charge < -0.3 is 5.43 Å². The Balaban J connectivity index is 2.63. The van der Waals surface area contributed by atoms with E-state index >= 15 is 0 Å². The molecule has 3 N–H and O–H groups in total. The standard InChI is InChI=1S/C11H13BrN4/c1-2-3-10-14-9-5-4-7(12)6-8(9)11(15-10)16-13/h4-6H,2-3,13H2,1H3,(H,14,15,16). The van der Waals surface area contributed by atoms with Gasteiger partial charge in [-0.3, -0.25) is 0 Å². The second kappa shape index (κ2) is 4.76. The van der Waals surface area contributed by atoms with Gasteiger partial charge >= 0.3 is 0 Å². The summed E-state index contributed by atoms with van der Waals surface area (Å²) in [7, 11) is 0. The molecule has 0 atom stereocenters. The van der Waals surface area contributed by atoms with Crippen molar-refractivity contribution < 1.29 is 0 Å². The second-order valence-electron chi connectivity index (χ2n) is 3.54. The number of benzene rings is 1. The van der Waals surface area contributed by atoms with E-state index in [9.17, 15) is 0 Å². The van der Waals surface area contributed by atoms with Crippen molar-refractivity contribution in [3.63, 3.8) is 0 Å². The number of hydrazine groups is 1. The normalized spacial score (nSPS) is 10.7. The Labute approximate surface area is 102 Å². The van der Waals surface area contributed by atoms with Crippen LogP contribution in [0.1, 0.15) is 19.2 Å². The zero-order chi connectivity index (χ0) is 11.5. The molecule has 2 rings (SSSR count). The first-order chi connectivity index (χ1) is 7.74. The van der Waals surface area contributed by atoms with Gasteiger partial charge in [0.25, 0.3) is 0 Å². The summed E-state index contributed by atoms with van der Waals surface area (Å²) in [5.74, 6) is 6.98. The Hall–Kier alpha value is -1.20. The molecule has 0 bridgehead atoms. The minimum Gasteiger partial charge on any atom is -0.308 e. The van der Waals surface area contributed by atoms with Crippen molar-refractivity contribution in [3.05, 3.63) is 28.5 Å². The van der Waals surface area contributed by atoms with Crippen LogP contribution in [0, 0.1) is 0 Å². The first-order valence-electron chi connectivity index (χ1n) is 5.17. The molecule has 4 nitrogen and oxygen atoms in total. The molecule has 0 aliphatic heterocycles. The minimum atomic E-state index is 0.676. The fourth-order valence-electron chi connectivity index (χ4n) is 1.59. The summed E-state index contributed by atoms with van der Waals surface area (Å²) in [5, 5.41) is 0.928. The van der Waals surface area contributed by atoms with E-state index in [2.05, 4.69) is 38.2 Å². The number of nitrogens with two attached hydrogens (primary N) is 1. The summed E-state index contributed by atoms with van der Waals surface area (Å²) in [6, 6.07) is 5.88. The van der Waals surface area contributed by atoms with Gasteiger partial charge in [0.1, 0.15) is 5.82 Å². The van der Waals surface area contributed by atoms with Gasteiger partial charge in [-0.1, -0.05) is 22.9 Å². The fraction of sp³-hybridized carbons (Fsp3) is 0.273. The molecule has 0 aliphatic rings. The summed E-state index contributed by atoms with van der Waals surface area (Å²) in [6.07, 6.45) is 1.88. The zero-order valence-electron chi connectivity index (χ0n) is 9.00. The summed E-state index contributed by atoms with van der Waals surface area (Å²) >= 11 is 3.42. The lowest BCUT2D eigenvalue weighted by molar-refractivity contribution is 0.844. The highest BCUT2D eigenvalue weighted by Crippen LogP contribution is 2.23. The molecule has 1 heterocycles. The van der Waals surface area contributed by atoms with E-state index in [0.29, 0.717) is 5.82 Å². The van der Waals surface area contributed by atoms with Crippen LogP contribution in [0.3, 0.4) is 0 Å². The number of rotatable bonds is 3. The van der Waals surface area contributed by atoms with Gasteiger partial charge in [0.05, 0.1) is 5.52 Å². The molecule has 0 aliphatic carbocycles. The third kappa shape index (κ3) is 2.15. The Bertz CT molecular complexity index is 513. The molecule has 1 aromatic carbocycles. The first-order valence-corrected chi connectivity index (χ1v) is 5.96. The molecule has 0 saturated heterocycles. The van der Waals surface area contributed by atoms with E-state index in [1.165, 1.54) is 0 Å². The maximum absolute atomic E-state index is 5.48. The van der Waals surface area contributed by atoms with Crippen LogP contribution in [0.2, 0.25) is 0 Å². The molecule has 0 spiro atoms. The molecule has 0 amide bonds. The number of nitrogens with zero attached hydrogens (tertiary/aromatic N) is 2. The van der Waals surface area contributed by atoms with E-state index in [1.54, 1.807) is 0 Å². The SMILES string of the molecule is CCCc1nc(NN)c2cc(Br)ccc2n1.